The van der Waals surface area contributed by atoms with Crippen molar-refractivity contribution in [1.82, 2.24) is 14.8 Å². The number of benzene rings is 4. The Balaban J connectivity index is 1.50. The van der Waals surface area contributed by atoms with Crippen molar-refractivity contribution in [3.63, 3.8) is 0 Å². The van der Waals surface area contributed by atoms with Gasteiger partial charge in [0.15, 0.2) is 5.82 Å². The van der Waals surface area contributed by atoms with Crippen LogP contribution in [0.15, 0.2) is 120 Å². The first-order valence-corrected chi connectivity index (χ1v) is 13.9. The van der Waals surface area contributed by atoms with Crippen molar-refractivity contribution in [3.05, 3.63) is 121 Å². The fourth-order valence-corrected chi connectivity index (χ4v) is 7.02. The molecule has 6 nitrogen and oxygen atoms in total. The van der Waals surface area contributed by atoms with Gasteiger partial charge in [0.1, 0.15) is 0 Å². The number of anilines is 3. The molecule has 0 saturated carbocycles. The summed E-state index contributed by atoms with van der Waals surface area (Å²) in [5, 5.41) is 11.0. The third-order valence-corrected chi connectivity index (χ3v) is 9.04. The largest absolute Gasteiger partial charge is 0.307 e. The van der Waals surface area contributed by atoms with Gasteiger partial charge >= 0.3 is 0 Å². The standard InChI is InChI=1S/C32H22N4O2S/c1-3-21-13-15-26-24(17-21)25-18-22(4-2)14-16-27(25)35(26)23-19-32(34-33-20-23)36-28-9-5-7-11-30(28)39(37,38)31-12-8-6-10-29(31)36/h3-20H,1-2H2. The van der Waals surface area contributed by atoms with Crippen LogP contribution in [-0.2, 0) is 9.84 Å². The quantitative estimate of drug-likeness (QED) is 0.238. The predicted octanol–water partition coefficient (Wildman–Crippen LogP) is 7.48. The molecule has 2 aromatic heterocycles. The van der Waals surface area contributed by atoms with E-state index in [0.29, 0.717) is 17.2 Å². The highest BCUT2D eigenvalue weighted by atomic mass is 32.2. The maximum Gasteiger partial charge on any atom is 0.210 e. The van der Waals surface area contributed by atoms with Crippen LogP contribution in [-0.4, -0.2) is 23.2 Å². The summed E-state index contributed by atoms with van der Waals surface area (Å²) in [6.07, 6.45) is 5.40. The Labute approximate surface area is 225 Å². The van der Waals surface area contributed by atoms with Crippen LogP contribution in [0.25, 0.3) is 39.6 Å². The highest BCUT2D eigenvalue weighted by molar-refractivity contribution is 7.92. The molecule has 7 heteroatoms. The summed E-state index contributed by atoms with van der Waals surface area (Å²) in [5.41, 5.74) is 5.97. The molecule has 0 radical (unpaired) electrons. The molecule has 1 aliphatic heterocycles. The lowest BCUT2D eigenvalue weighted by atomic mass is 10.1. The lowest BCUT2D eigenvalue weighted by Crippen LogP contribution is -2.23. The third kappa shape index (κ3) is 3.37. The van der Waals surface area contributed by atoms with Crippen LogP contribution in [0.1, 0.15) is 11.1 Å². The van der Waals surface area contributed by atoms with Crippen molar-refractivity contribution in [3.8, 4) is 5.69 Å². The number of sulfone groups is 1. The molecule has 39 heavy (non-hydrogen) atoms. The van der Waals surface area contributed by atoms with Gasteiger partial charge in [-0.1, -0.05) is 61.7 Å². The number of aromatic nitrogens is 3. The first-order valence-electron chi connectivity index (χ1n) is 12.4. The zero-order valence-electron chi connectivity index (χ0n) is 20.8. The minimum atomic E-state index is -3.68. The van der Waals surface area contributed by atoms with E-state index in [9.17, 15) is 8.42 Å². The zero-order chi connectivity index (χ0) is 26.7. The van der Waals surface area contributed by atoms with Gasteiger partial charge in [-0.3, -0.25) is 4.90 Å². The fraction of sp³-hybridized carbons (Fsp3) is 0. The van der Waals surface area contributed by atoms with Gasteiger partial charge in [-0.25, -0.2) is 8.42 Å². The minimum Gasteiger partial charge on any atom is -0.307 e. The number of nitrogens with zero attached hydrogens (tertiary/aromatic N) is 4. The van der Waals surface area contributed by atoms with E-state index in [1.54, 1.807) is 42.6 Å². The summed E-state index contributed by atoms with van der Waals surface area (Å²) >= 11 is 0. The van der Waals surface area contributed by atoms with Gasteiger partial charge < -0.3 is 4.57 Å². The number of fused-ring (bicyclic) bond motifs is 5. The van der Waals surface area contributed by atoms with Gasteiger partial charge in [0.25, 0.3) is 0 Å². The lowest BCUT2D eigenvalue weighted by molar-refractivity contribution is 0.595. The summed E-state index contributed by atoms with van der Waals surface area (Å²) in [4.78, 5) is 2.34. The molecule has 0 amide bonds. The van der Waals surface area contributed by atoms with Crippen molar-refractivity contribution in [2.75, 3.05) is 4.90 Å². The normalized spacial score (nSPS) is 13.7. The van der Waals surface area contributed by atoms with Crippen LogP contribution in [0.5, 0.6) is 0 Å². The second kappa shape index (κ2) is 8.51. The molecular formula is C32H22N4O2S. The molecule has 188 valence electrons. The van der Waals surface area contributed by atoms with Crippen molar-refractivity contribution < 1.29 is 8.42 Å². The number of hydrogen-bond donors (Lipinski definition) is 0. The van der Waals surface area contributed by atoms with E-state index in [4.69, 9.17) is 0 Å². The summed E-state index contributed by atoms with van der Waals surface area (Å²) in [6, 6.07) is 28.4. The van der Waals surface area contributed by atoms with E-state index in [0.717, 1.165) is 38.6 Å². The lowest BCUT2D eigenvalue weighted by Gasteiger charge is -2.31. The van der Waals surface area contributed by atoms with Crippen LogP contribution in [0.3, 0.4) is 0 Å². The SMILES string of the molecule is C=Cc1ccc2c(c1)c1cc(C=C)ccc1n2-c1cnnc(N2c3ccccc3S(=O)(=O)c3ccccc32)c1. The average Bonchev–Trinajstić information content (AvgIpc) is 3.30. The Morgan fingerprint density at radius 1 is 0.692 bits per heavy atom. The Morgan fingerprint density at radius 2 is 1.23 bits per heavy atom. The molecule has 0 bridgehead atoms. The van der Waals surface area contributed by atoms with Crippen molar-refractivity contribution >= 4 is 61.0 Å². The highest BCUT2D eigenvalue weighted by Gasteiger charge is 2.35. The Kier molecular flexibility index (Phi) is 5.05. The molecule has 4 aromatic carbocycles. The highest BCUT2D eigenvalue weighted by Crippen LogP contribution is 2.47. The van der Waals surface area contributed by atoms with Crippen LogP contribution >= 0.6 is 0 Å². The summed E-state index contributed by atoms with van der Waals surface area (Å²) < 4.78 is 29.0. The molecule has 3 heterocycles. The van der Waals surface area contributed by atoms with Gasteiger partial charge in [0.2, 0.25) is 9.84 Å². The number of para-hydroxylation sites is 2. The van der Waals surface area contributed by atoms with E-state index < -0.39 is 9.84 Å². The van der Waals surface area contributed by atoms with Crippen LogP contribution in [0.4, 0.5) is 17.2 Å². The summed E-state index contributed by atoms with van der Waals surface area (Å²) in [7, 11) is -3.68. The topological polar surface area (TPSA) is 68.1 Å². The van der Waals surface area contributed by atoms with Gasteiger partial charge in [-0.05, 0) is 59.7 Å². The Morgan fingerprint density at radius 3 is 1.77 bits per heavy atom. The first kappa shape index (κ1) is 23.1. The molecule has 0 aliphatic carbocycles. The van der Waals surface area contributed by atoms with E-state index in [-0.39, 0.29) is 9.79 Å². The van der Waals surface area contributed by atoms with E-state index in [2.05, 4.69) is 52.2 Å². The van der Waals surface area contributed by atoms with Crippen molar-refractivity contribution in [2.45, 2.75) is 9.79 Å². The average molecular weight is 527 g/mol. The molecule has 0 unspecified atom stereocenters. The Hall–Kier alpha value is -5.01. The van der Waals surface area contributed by atoms with Gasteiger partial charge in [0.05, 0.1) is 44.1 Å². The number of hydrogen-bond acceptors (Lipinski definition) is 5. The molecular weight excluding hydrogens is 504 g/mol. The predicted molar refractivity (Wildman–Crippen MR) is 157 cm³/mol. The van der Waals surface area contributed by atoms with Crippen LogP contribution in [0, 0.1) is 0 Å². The fourth-order valence-electron chi connectivity index (χ4n) is 5.40. The van der Waals surface area contributed by atoms with Crippen LogP contribution in [0.2, 0.25) is 0 Å². The minimum absolute atomic E-state index is 0.238. The molecule has 0 N–H and O–H groups in total. The van der Waals surface area contributed by atoms with Crippen LogP contribution < -0.4 is 4.90 Å². The van der Waals surface area contributed by atoms with Gasteiger partial charge in [0, 0.05) is 16.8 Å². The van der Waals surface area contributed by atoms with Gasteiger partial charge in [-0.2, -0.15) is 5.10 Å². The smallest absolute Gasteiger partial charge is 0.210 e. The van der Waals surface area contributed by atoms with Crippen molar-refractivity contribution in [2.24, 2.45) is 0 Å². The monoisotopic (exact) mass is 526 g/mol. The second-order valence-corrected chi connectivity index (χ2v) is 11.2. The second-order valence-electron chi connectivity index (χ2n) is 9.34. The maximum absolute atomic E-state index is 13.4. The Bertz CT molecular complexity index is 1970. The molecule has 1 aliphatic rings. The summed E-state index contributed by atoms with van der Waals surface area (Å²) in [6.45, 7) is 7.87. The molecule has 0 saturated heterocycles. The zero-order valence-corrected chi connectivity index (χ0v) is 21.6. The molecule has 0 spiro atoms. The summed E-state index contributed by atoms with van der Waals surface area (Å²) in [5.74, 6) is 0.516. The molecule has 0 fully saturated rings. The molecule has 7 rings (SSSR count). The first-order chi connectivity index (χ1) is 19.0. The maximum atomic E-state index is 13.4. The van der Waals surface area contributed by atoms with E-state index in [1.807, 2.05) is 47.4 Å². The van der Waals surface area contributed by atoms with Crippen molar-refractivity contribution in [1.29, 1.82) is 0 Å². The number of rotatable bonds is 4. The third-order valence-electron chi connectivity index (χ3n) is 7.19. The molecule has 0 atom stereocenters. The van der Waals surface area contributed by atoms with E-state index >= 15 is 0 Å². The van der Waals surface area contributed by atoms with E-state index in [1.165, 1.54) is 0 Å². The molecule has 6 aromatic rings. The van der Waals surface area contributed by atoms with Gasteiger partial charge in [-0.15, -0.1) is 5.10 Å².